The third-order valence-corrected chi connectivity index (χ3v) is 2.63. The van der Waals surface area contributed by atoms with E-state index in [-0.39, 0.29) is 0 Å². The Kier molecular flexibility index (Phi) is 4.76. The van der Waals surface area contributed by atoms with Crippen molar-refractivity contribution < 1.29 is 4.79 Å². The van der Waals surface area contributed by atoms with Gasteiger partial charge in [-0.3, -0.25) is 4.79 Å². The number of unbranched alkanes of at least 4 members (excludes halogenated alkanes) is 1. The Morgan fingerprint density at radius 1 is 1.46 bits per heavy atom. The molecule has 0 aromatic carbocycles. The summed E-state index contributed by atoms with van der Waals surface area (Å²) in [5.41, 5.74) is 0. The van der Waals surface area contributed by atoms with Crippen LogP contribution in [0.3, 0.4) is 0 Å². The van der Waals surface area contributed by atoms with Crippen molar-refractivity contribution in [3.05, 3.63) is 12.7 Å². The molecule has 0 unspecified atom stereocenters. The van der Waals surface area contributed by atoms with Crippen LogP contribution in [0, 0.1) is 5.92 Å². The molecule has 1 heterocycles. The molecule has 2 nitrogen and oxygen atoms in total. The number of nitrogens with one attached hydrogen (secondary N) is 1. The number of ketones is 1. The summed E-state index contributed by atoms with van der Waals surface area (Å²) in [5.74, 6) is 0.800. The van der Waals surface area contributed by atoms with Crippen LogP contribution < -0.4 is 5.32 Å². The zero-order valence-electron chi connectivity index (χ0n) is 8.22. The number of carbonyl (C=O) groups is 1. The second kappa shape index (κ2) is 5.92. The van der Waals surface area contributed by atoms with Gasteiger partial charge in [0.2, 0.25) is 0 Å². The van der Waals surface area contributed by atoms with Gasteiger partial charge in [-0.1, -0.05) is 6.08 Å². The lowest BCUT2D eigenvalue weighted by atomic mass is 9.91. The van der Waals surface area contributed by atoms with Crippen LogP contribution in [-0.4, -0.2) is 18.9 Å². The van der Waals surface area contributed by atoms with Gasteiger partial charge >= 0.3 is 0 Å². The Morgan fingerprint density at radius 2 is 2.15 bits per heavy atom. The largest absolute Gasteiger partial charge is 0.317 e. The third kappa shape index (κ3) is 3.73. The molecule has 13 heavy (non-hydrogen) atoms. The van der Waals surface area contributed by atoms with E-state index in [1.54, 1.807) is 0 Å². The second-order valence-electron chi connectivity index (χ2n) is 3.67. The van der Waals surface area contributed by atoms with E-state index in [0.717, 1.165) is 45.2 Å². The quantitative estimate of drug-likeness (QED) is 0.518. The number of Topliss-reactive ketones (excluding diaryl/α,β-unsaturated/α-hetero) is 1. The first-order valence-corrected chi connectivity index (χ1v) is 5.19. The van der Waals surface area contributed by atoms with Crippen LogP contribution in [0.5, 0.6) is 0 Å². The van der Waals surface area contributed by atoms with Crippen molar-refractivity contribution in [2.75, 3.05) is 13.1 Å². The first kappa shape index (κ1) is 10.5. The van der Waals surface area contributed by atoms with Gasteiger partial charge in [-0.05, 0) is 38.8 Å². The smallest absolute Gasteiger partial charge is 0.136 e. The molecule has 0 bridgehead atoms. The van der Waals surface area contributed by atoms with Crippen LogP contribution in [-0.2, 0) is 4.79 Å². The van der Waals surface area contributed by atoms with Gasteiger partial charge in [0.1, 0.15) is 5.78 Å². The van der Waals surface area contributed by atoms with Gasteiger partial charge in [0.25, 0.3) is 0 Å². The molecule has 0 aliphatic carbocycles. The minimum absolute atomic E-state index is 0.339. The lowest BCUT2D eigenvalue weighted by molar-refractivity contribution is -0.123. The summed E-state index contributed by atoms with van der Waals surface area (Å²) in [6.07, 6.45) is 6.65. The molecule has 0 aromatic rings. The Morgan fingerprint density at radius 3 is 2.77 bits per heavy atom. The molecular weight excluding hydrogens is 162 g/mol. The number of hydrogen-bond donors (Lipinski definition) is 1. The van der Waals surface area contributed by atoms with Crippen molar-refractivity contribution in [3.63, 3.8) is 0 Å². The SMILES string of the molecule is C=CCCCC(=O)C1CCNCC1. The molecule has 1 rings (SSSR count). The van der Waals surface area contributed by atoms with Gasteiger partial charge in [-0.25, -0.2) is 0 Å². The highest BCUT2D eigenvalue weighted by molar-refractivity contribution is 5.81. The highest BCUT2D eigenvalue weighted by Crippen LogP contribution is 2.15. The molecule has 0 atom stereocenters. The average Bonchev–Trinajstić information content (AvgIpc) is 2.19. The van der Waals surface area contributed by atoms with E-state index in [9.17, 15) is 4.79 Å². The molecule has 1 fully saturated rings. The number of hydrogen-bond acceptors (Lipinski definition) is 2. The molecule has 0 aromatic heterocycles. The summed E-state index contributed by atoms with van der Waals surface area (Å²) in [6.45, 7) is 5.67. The summed E-state index contributed by atoms with van der Waals surface area (Å²) >= 11 is 0. The summed E-state index contributed by atoms with van der Waals surface area (Å²) in [6, 6.07) is 0. The van der Waals surface area contributed by atoms with Crippen molar-refractivity contribution in [1.29, 1.82) is 0 Å². The monoisotopic (exact) mass is 181 g/mol. The van der Waals surface area contributed by atoms with E-state index in [1.807, 2.05) is 6.08 Å². The van der Waals surface area contributed by atoms with Gasteiger partial charge in [-0.2, -0.15) is 0 Å². The average molecular weight is 181 g/mol. The van der Waals surface area contributed by atoms with E-state index >= 15 is 0 Å². The number of carbonyl (C=O) groups excluding carboxylic acids is 1. The maximum absolute atomic E-state index is 11.6. The fraction of sp³-hybridized carbons (Fsp3) is 0.727. The Hall–Kier alpha value is -0.630. The zero-order valence-corrected chi connectivity index (χ0v) is 8.22. The zero-order chi connectivity index (χ0) is 9.52. The molecule has 0 spiro atoms. The van der Waals surface area contributed by atoms with Crippen molar-refractivity contribution >= 4 is 5.78 Å². The summed E-state index contributed by atoms with van der Waals surface area (Å²) in [7, 11) is 0. The highest BCUT2D eigenvalue weighted by atomic mass is 16.1. The molecule has 0 amide bonds. The number of allylic oxidation sites excluding steroid dienone is 1. The van der Waals surface area contributed by atoms with Gasteiger partial charge in [0.15, 0.2) is 0 Å². The van der Waals surface area contributed by atoms with Gasteiger partial charge < -0.3 is 5.32 Å². The van der Waals surface area contributed by atoms with Crippen molar-refractivity contribution in [3.8, 4) is 0 Å². The van der Waals surface area contributed by atoms with E-state index in [4.69, 9.17) is 0 Å². The summed E-state index contributed by atoms with van der Waals surface area (Å²) < 4.78 is 0. The fourth-order valence-electron chi connectivity index (χ4n) is 1.77. The minimum atomic E-state index is 0.339. The molecule has 0 saturated carbocycles. The molecule has 74 valence electrons. The lowest BCUT2D eigenvalue weighted by Crippen LogP contribution is -2.31. The van der Waals surface area contributed by atoms with Crippen LogP contribution in [0.1, 0.15) is 32.1 Å². The predicted molar refractivity (Wildman–Crippen MR) is 54.6 cm³/mol. The Balaban J connectivity index is 2.17. The first-order valence-electron chi connectivity index (χ1n) is 5.19. The van der Waals surface area contributed by atoms with Crippen LogP contribution in [0.4, 0.5) is 0 Å². The number of piperidine rings is 1. The number of rotatable bonds is 5. The standard InChI is InChI=1S/C11H19NO/c1-2-3-4-5-11(13)10-6-8-12-9-7-10/h2,10,12H,1,3-9H2. The second-order valence-corrected chi connectivity index (χ2v) is 3.67. The molecule has 1 aliphatic heterocycles. The van der Waals surface area contributed by atoms with E-state index in [1.165, 1.54) is 0 Å². The molecule has 1 saturated heterocycles. The maximum atomic E-state index is 11.6. The van der Waals surface area contributed by atoms with Crippen LogP contribution in [0.25, 0.3) is 0 Å². The topological polar surface area (TPSA) is 29.1 Å². The van der Waals surface area contributed by atoms with E-state index in [2.05, 4.69) is 11.9 Å². The van der Waals surface area contributed by atoms with E-state index < -0.39 is 0 Å². The van der Waals surface area contributed by atoms with E-state index in [0.29, 0.717) is 11.7 Å². The van der Waals surface area contributed by atoms with Crippen molar-refractivity contribution in [1.82, 2.24) is 5.32 Å². The molecule has 1 aliphatic rings. The van der Waals surface area contributed by atoms with Crippen molar-refractivity contribution in [2.24, 2.45) is 5.92 Å². The van der Waals surface area contributed by atoms with Crippen LogP contribution >= 0.6 is 0 Å². The normalized spacial score (nSPS) is 18.5. The van der Waals surface area contributed by atoms with Gasteiger partial charge in [0, 0.05) is 12.3 Å². The lowest BCUT2D eigenvalue weighted by Gasteiger charge is -2.21. The Labute approximate surface area is 80.4 Å². The predicted octanol–water partition coefficient (Wildman–Crippen LogP) is 1.91. The van der Waals surface area contributed by atoms with Crippen molar-refractivity contribution in [2.45, 2.75) is 32.1 Å². The van der Waals surface area contributed by atoms with Gasteiger partial charge in [0.05, 0.1) is 0 Å². The Bertz CT molecular complexity index is 171. The first-order chi connectivity index (χ1) is 6.34. The maximum Gasteiger partial charge on any atom is 0.136 e. The van der Waals surface area contributed by atoms with Gasteiger partial charge in [-0.15, -0.1) is 6.58 Å². The van der Waals surface area contributed by atoms with Crippen LogP contribution in [0.15, 0.2) is 12.7 Å². The third-order valence-electron chi connectivity index (χ3n) is 2.63. The fourth-order valence-corrected chi connectivity index (χ4v) is 1.77. The molecular formula is C11H19NO. The highest BCUT2D eigenvalue weighted by Gasteiger charge is 2.19. The summed E-state index contributed by atoms with van der Waals surface area (Å²) in [5, 5.41) is 3.27. The van der Waals surface area contributed by atoms with Crippen LogP contribution in [0.2, 0.25) is 0 Å². The molecule has 0 radical (unpaired) electrons. The molecule has 1 N–H and O–H groups in total. The minimum Gasteiger partial charge on any atom is -0.317 e. The summed E-state index contributed by atoms with van der Waals surface area (Å²) in [4.78, 5) is 11.6. The molecule has 2 heteroatoms.